The lowest BCUT2D eigenvalue weighted by Gasteiger charge is -2.14. The number of nitrogens with zero attached hydrogens (tertiary/aromatic N) is 3. The Morgan fingerprint density at radius 2 is 1.75 bits per heavy atom. The van der Waals surface area contributed by atoms with Gasteiger partial charge in [0.25, 0.3) is 0 Å². The summed E-state index contributed by atoms with van der Waals surface area (Å²) in [6.45, 7) is 9.64. The number of hydrogen-bond donors (Lipinski definition) is 0. The predicted molar refractivity (Wildman–Crippen MR) is 102 cm³/mol. The summed E-state index contributed by atoms with van der Waals surface area (Å²) in [5.74, 6) is 0. The van der Waals surface area contributed by atoms with E-state index >= 15 is 0 Å². The first kappa shape index (κ1) is 18.2. The van der Waals surface area contributed by atoms with E-state index in [9.17, 15) is 0 Å². The van der Waals surface area contributed by atoms with Gasteiger partial charge >= 0.3 is 0 Å². The molecule has 0 aliphatic carbocycles. The Hall–Kier alpha value is -2.16. The molecule has 128 valence electrons. The molecule has 0 bridgehead atoms. The molecule has 0 spiro atoms. The zero-order chi connectivity index (χ0) is 17.4. The average molecular weight is 323 g/mol. The Morgan fingerprint density at radius 3 is 2.33 bits per heavy atom. The number of hydrogen-bond acceptors (Lipinski definition) is 2. The molecule has 24 heavy (non-hydrogen) atoms. The first-order valence-corrected chi connectivity index (χ1v) is 9.09. The minimum absolute atomic E-state index is 0.762. The number of allylic oxidation sites excluding steroid dienone is 4. The van der Waals surface area contributed by atoms with Crippen molar-refractivity contribution < 1.29 is 0 Å². The third kappa shape index (κ3) is 4.44. The third-order valence-electron chi connectivity index (χ3n) is 4.33. The van der Waals surface area contributed by atoms with Crippen LogP contribution < -0.4 is 0 Å². The Morgan fingerprint density at radius 1 is 1.00 bits per heavy atom. The predicted octanol–water partition coefficient (Wildman–Crippen LogP) is 5.65. The second kappa shape index (κ2) is 9.21. The second-order valence-electron chi connectivity index (χ2n) is 5.94. The molecule has 3 nitrogen and oxygen atoms in total. The Kier molecular flexibility index (Phi) is 6.98. The van der Waals surface area contributed by atoms with E-state index in [1.807, 2.05) is 10.7 Å². The smallest absolute Gasteiger partial charge is 0.109 e. The normalized spacial score (nSPS) is 13.1. The van der Waals surface area contributed by atoms with Crippen molar-refractivity contribution in [3.05, 3.63) is 65.0 Å². The highest BCUT2D eigenvalue weighted by molar-refractivity contribution is 5.69. The molecule has 2 aromatic rings. The van der Waals surface area contributed by atoms with E-state index < -0.39 is 0 Å². The zero-order valence-corrected chi connectivity index (χ0v) is 15.4. The summed E-state index contributed by atoms with van der Waals surface area (Å²) in [6.07, 6.45) is 8.59. The lowest BCUT2D eigenvalue weighted by Crippen LogP contribution is -1.99. The molecule has 1 aromatic heterocycles. The molecule has 3 heteroatoms. The van der Waals surface area contributed by atoms with Crippen LogP contribution in [0.4, 0.5) is 0 Å². The van der Waals surface area contributed by atoms with Crippen molar-refractivity contribution in [2.45, 2.75) is 59.9 Å². The van der Waals surface area contributed by atoms with Crippen LogP contribution in [0.15, 0.2) is 53.8 Å². The van der Waals surface area contributed by atoms with Gasteiger partial charge in [-0.25, -0.2) is 4.68 Å². The summed E-state index contributed by atoms with van der Waals surface area (Å²) < 4.78 is 1.93. The Bertz CT molecular complexity index is 693. The van der Waals surface area contributed by atoms with Crippen molar-refractivity contribution >= 4 is 5.57 Å². The summed E-state index contributed by atoms with van der Waals surface area (Å²) >= 11 is 0. The molecule has 0 aliphatic rings. The van der Waals surface area contributed by atoms with E-state index in [1.165, 1.54) is 22.3 Å². The highest BCUT2D eigenvalue weighted by Crippen LogP contribution is 2.29. The van der Waals surface area contributed by atoms with Crippen LogP contribution >= 0.6 is 0 Å². The molecule has 0 N–H and O–H groups in total. The van der Waals surface area contributed by atoms with Crippen LogP contribution in [0.25, 0.3) is 5.57 Å². The molecule has 0 amide bonds. The van der Waals surface area contributed by atoms with Crippen LogP contribution in [0.1, 0.15) is 64.6 Å². The molecule has 1 heterocycles. The highest BCUT2D eigenvalue weighted by Gasteiger charge is 2.13. The van der Waals surface area contributed by atoms with Crippen molar-refractivity contribution in [3.63, 3.8) is 0 Å². The molecule has 0 aliphatic heterocycles. The number of aromatic nitrogens is 3. The summed E-state index contributed by atoms with van der Waals surface area (Å²) in [5.41, 5.74) is 6.48. The van der Waals surface area contributed by atoms with Crippen molar-refractivity contribution in [3.8, 4) is 0 Å². The van der Waals surface area contributed by atoms with Crippen LogP contribution in [0.3, 0.4) is 0 Å². The number of rotatable bonds is 8. The van der Waals surface area contributed by atoms with Gasteiger partial charge in [0.2, 0.25) is 0 Å². The summed E-state index contributed by atoms with van der Waals surface area (Å²) in [4.78, 5) is 0. The van der Waals surface area contributed by atoms with Gasteiger partial charge in [-0.05, 0) is 48.0 Å². The topological polar surface area (TPSA) is 30.7 Å². The van der Waals surface area contributed by atoms with Crippen LogP contribution in [0, 0.1) is 0 Å². The van der Waals surface area contributed by atoms with E-state index in [0.29, 0.717) is 0 Å². The van der Waals surface area contributed by atoms with Gasteiger partial charge in [0.15, 0.2) is 0 Å². The monoisotopic (exact) mass is 323 g/mol. The van der Waals surface area contributed by atoms with E-state index in [-0.39, 0.29) is 0 Å². The van der Waals surface area contributed by atoms with Gasteiger partial charge in [0, 0.05) is 0 Å². The Balaban J connectivity index is 2.33. The first-order chi connectivity index (χ1) is 11.7. The minimum atomic E-state index is 0.762. The maximum atomic E-state index is 4.46. The molecular weight excluding hydrogens is 294 g/mol. The highest BCUT2D eigenvalue weighted by atomic mass is 15.4. The van der Waals surface area contributed by atoms with Crippen molar-refractivity contribution in [1.29, 1.82) is 0 Å². The maximum absolute atomic E-state index is 4.46. The second-order valence-corrected chi connectivity index (χ2v) is 5.94. The molecule has 0 radical (unpaired) electrons. The summed E-state index contributed by atoms with van der Waals surface area (Å²) in [7, 11) is 0. The van der Waals surface area contributed by atoms with E-state index in [2.05, 4.69) is 74.5 Å². The zero-order valence-electron chi connectivity index (χ0n) is 15.4. The summed E-state index contributed by atoms with van der Waals surface area (Å²) in [6, 6.07) is 10.4. The largest absolute Gasteiger partial charge is 0.247 e. The van der Waals surface area contributed by atoms with Crippen LogP contribution in [-0.2, 0) is 6.54 Å². The van der Waals surface area contributed by atoms with Crippen molar-refractivity contribution in [1.82, 2.24) is 15.0 Å². The lowest BCUT2D eigenvalue weighted by atomic mass is 9.92. The first-order valence-electron chi connectivity index (χ1n) is 9.09. The fourth-order valence-corrected chi connectivity index (χ4v) is 3.20. The standard InChI is InChI=1S/C21H29N3/c1-5-12-18(6-2)19(7-3)20(8-4)21-16-24(23-22-21)15-17-13-10-9-11-14-17/h9-14,16H,5-8,15H2,1-4H3/b18-12+,20-19+. The third-order valence-corrected chi connectivity index (χ3v) is 4.33. The van der Waals surface area contributed by atoms with Crippen molar-refractivity contribution in [2.75, 3.05) is 0 Å². The average Bonchev–Trinajstić information content (AvgIpc) is 3.06. The minimum Gasteiger partial charge on any atom is -0.247 e. The SMILES string of the molecule is CC/C=C(CC)/C(CC)=C(\CC)c1cn(Cc2ccccc2)nn1. The quantitative estimate of drug-likeness (QED) is 0.588. The van der Waals surface area contributed by atoms with E-state index in [0.717, 1.165) is 37.9 Å². The molecule has 0 saturated heterocycles. The van der Waals surface area contributed by atoms with Crippen molar-refractivity contribution in [2.24, 2.45) is 0 Å². The van der Waals surface area contributed by atoms with E-state index in [4.69, 9.17) is 0 Å². The van der Waals surface area contributed by atoms with Gasteiger partial charge in [0.05, 0.1) is 12.7 Å². The van der Waals surface area contributed by atoms with Crippen LogP contribution in [0.2, 0.25) is 0 Å². The molecular formula is C21H29N3. The fraction of sp³-hybridized carbons (Fsp3) is 0.429. The molecule has 1 aromatic carbocycles. The van der Waals surface area contributed by atoms with Crippen LogP contribution in [-0.4, -0.2) is 15.0 Å². The van der Waals surface area contributed by atoms with Gasteiger partial charge in [-0.1, -0.05) is 69.3 Å². The van der Waals surface area contributed by atoms with Gasteiger partial charge in [-0.3, -0.25) is 0 Å². The molecule has 2 rings (SSSR count). The molecule has 0 atom stereocenters. The van der Waals surface area contributed by atoms with Gasteiger partial charge in [0.1, 0.15) is 5.69 Å². The number of benzene rings is 1. The van der Waals surface area contributed by atoms with E-state index in [1.54, 1.807) is 0 Å². The molecule has 0 saturated carbocycles. The van der Waals surface area contributed by atoms with Gasteiger partial charge < -0.3 is 0 Å². The Labute approximate surface area is 146 Å². The van der Waals surface area contributed by atoms with Gasteiger partial charge in [-0.15, -0.1) is 5.10 Å². The lowest BCUT2D eigenvalue weighted by molar-refractivity contribution is 0.649. The molecule has 0 unspecified atom stereocenters. The van der Waals surface area contributed by atoms with Gasteiger partial charge in [-0.2, -0.15) is 0 Å². The molecule has 0 fully saturated rings. The summed E-state index contributed by atoms with van der Waals surface area (Å²) in [5, 5.41) is 8.80. The van der Waals surface area contributed by atoms with Crippen LogP contribution in [0.5, 0.6) is 0 Å². The maximum Gasteiger partial charge on any atom is 0.109 e. The fourth-order valence-electron chi connectivity index (χ4n) is 3.20.